The number of aryl methyl sites for hydroxylation is 1. The summed E-state index contributed by atoms with van der Waals surface area (Å²) in [6, 6.07) is 10.8. The molecule has 154 valence electrons. The highest BCUT2D eigenvalue weighted by molar-refractivity contribution is 6.04. The number of hydrogen-bond acceptors (Lipinski definition) is 6. The minimum atomic E-state index is -0.461. The Morgan fingerprint density at radius 3 is 2.70 bits per heavy atom. The van der Waals surface area contributed by atoms with Crippen LogP contribution in [0.1, 0.15) is 21.5 Å². The zero-order valence-corrected chi connectivity index (χ0v) is 17.0. The average molecular weight is 406 g/mol. The summed E-state index contributed by atoms with van der Waals surface area (Å²) >= 11 is 0. The number of ether oxygens (including phenoxy) is 2. The van der Waals surface area contributed by atoms with Gasteiger partial charge in [-0.2, -0.15) is 0 Å². The highest BCUT2D eigenvalue weighted by Gasteiger charge is 2.18. The number of pyridine rings is 2. The minimum absolute atomic E-state index is 0.106. The predicted molar refractivity (Wildman–Crippen MR) is 114 cm³/mol. The zero-order chi connectivity index (χ0) is 21.3. The highest BCUT2D eigenvalue weighted by atomic mass is 16.7. The largest absolute Gasteiger partial charge is 0.454 e. The molecule has 0 radical (unpaired) electrons. The lowest BCUT2D eigenvalue weighted by Crippen LogP contribution is -2.30. The van der Waals surface area contributed by atoms with Crippen LogP contribution in [-0.2, 0) is 6.54 Å². The lowest BCUT2D eigenvalue weighted by molar-refractivity contribution is 0.102. The molecule has 0 bridgehead atoms. The Morgan fingerprint density at radius 1 is 1.17 bits per heavy atom. The Labute approximate surface area is 173 Å². The summed E-state index contributed by atoms with van der Waals surface area (Å²) in [5.74, 6) is 1.65. The normalized spacial score (nSPS) is 12.0. The third-order valence-corrected chi connectivity index (χ3v) is 4.85. The van der Waals surface area contributed by atoms with Crippen molar-refractivity contribution in [2.24, 2.45) is 0 Å². The highest BCUT2D eigenvalue weighted by Crippen LogP contribution is 2.32. The molecule has 0 atom stereocenters. The van der Waals surface area contributed by atoms with Crippen LogP contribution in [-0.4, -0.2) is 36.3 Å². The lowest BCUT2D eigenvalue weighted by Gasteiger charge is -2.13. The molecule has 0 spiro atoms. The fraction of sp³-hybridized carbons (Fsp3) is 0.227. The number of anilines is 2. The van der Waals surface area contributed by atoms with E-state index in [0.717, 1.165) is 11.4 Å². The van der Waals surface area contributed by atoms with Gasteiger partial charge in [-0.25, -0.2) is 4.98 Å². The molecule has 1 aliphatic rings. The number of nitrogens with one attached hydrogen (secondary N) is 1. The Morgan fingerprint density at radius 2 is 1.97 bits per heavy atom. The third-order valence-electron chi connectivity index (χ3n) is 4.85. The van der Waals surface area contributed by atoms with Gasteiger partial charge in [0, 0.05) is 20.3 Å². The van der Waals surface area contributed by atoms with E-state index in [0.29, 0.717) is 29.3 Å². The average Bonchev–Trinajstić information content (AvgIpc) is 3.18. The van der Waals surface area contributed by atoms with Crippen LogP contribution in [0, 0.1) is 6.92 Å². The maximum absolute atomic E-state index is 13.0. The fourth-order valence-corrected chi connectivity index (χ4v) is 3.22. The molecule has 8 nitrogen and oxygen atoms in total. The first-order chi connectivity index (χ1) is 14.4. The molecule has 30 heavy (non-hydrogen) atoms. The molecule has 1 N–H and O–H groups in total. The van der Waals surface area contributed by atoms with Gasteiger partial charge in [-0.15, -0.1) is 0 Å². The van der Waals surface area contributed by atoms with Gasteiger partial charge in [0.1, 0.15) is 11.4 Å². The molecule has 0 unspecified atom stereocenters. The van der Waals surface area contributed by atoms with Crippen molar-refractivity contribution in [2.45, 2.75) is 13.5 Å². The van der Waals surface area contributed by atoms with Crippen LogP contribution in [0.2, 0.25) is 0 Å². The maximum atomic E-state index is 13.0. The van der Waals surface area contributed by atoms with Gasteiger partial charge >= 0.3 is 0 Å². The second-order valence-electron chi connectivity index (χ2n) is 7.25. The van der Waals surface area contributed by atoms with Gasteiger partial charge < -0.3 is 24.3 Å². The van der Waals surface area contributed by atoms with Crippen LogP contribution in [0.25, 0.3) is 0 Å². The van der Waals surface area contributed by atoms with Crippen LogP contribution in [0.5, 0.6) is 11.5 Å². The summed E-state index contributed by atoms with van der Waals surface area (Å²) in [5, 5.41) is 2.76. The zero-order valence-electron chi connectivity index (χ0n) is 17.0. The number of carbonyl (C=O) groups excluding carboxylic acids is 1. The molecule has 2 aromatic heterocycles. The number of fused-ring (bicyclic) bond motifs is 1. The van der Waals surface area contributed by atoms with Crippen LogP contribution >= 0.6 is 0 Å². The van der Waals surface area contributed by atoms with Crippen molar-refractivity contribution in [3.8, 4) is 11.5 Å². The molecule has 1 amide bonds. The number of carbonyl (C=O) groups is 1. The van der Waals surface area contributed by atoms with Crippen LogP contribution < -0.4 is 25.2 Å². The van der Waals surface area contributed by atoms with Crippen LogP contribution in [0.3, 0.4) is 0 Å². The minimum Gasteiger partial charge on any atom is -0.454 e. The van der Waals surface area contributed by atoms with Crippen molar-refractivity contribution >= 4 is 17.4 Å². The quantitative estimate of drug-likeness (QED) is 0.701. The standard InChI is InChI=1S/C22H22N4O4/c1-14-8-9-26(12-15-4-6-17-18(10-15)30-13-29-17)22(28)20(14)21(27)24-16-5-7-19(23-11-16)25(2)3/h4-11H,12-13H2,1-3H3,(H,24,27). The van der Waals surface area contributed by atoms with Gasteiger partial charge in [-0.05, 0) is 48.4 Å². The number of amides is 1. The first-order valence-corrected chi connectivity index (χ1v) is 9.45. The lowest BCUT2D eigenvalue weighted by atomic mass is 10.1. The third kappa shape index (κ3) is 3.84. The molecule has 0 fully saturated rings. The van der Waals surface area contributed by atoms with Crippen molar-refractivity contribution in [1.29, 1.82) is 0 Å². The van der Waals surface area contributed by atoms with E-state index in [4.69, 9.17) is 9.47 Å². The summed E-state index contributed by atoms with van der Waals surface area (Å²) in [6.45, 7) is 2.25. The number of aromatic nitrogens is 2. The molecule has 3 aromatic rings. The Bertz CT molecular complexity index is 1150. The van der Waals surface area contributed by atoms with E-state index >= 15 is 0 Å². The van der Waals surface area contributed by atoms with Gasteiger partial charge in [0.15, 0.2) is 11.5 Å². The molecule has 0 saturated heterocycles. The van der Waals surface area contributed by atoms with E-state index in [9.17, 15) is 9.59 Å². The van der Waals surface area contributed by atoms with Crippen molar-refractivity contribution in [1.82, 2.24) is 9.55 Å². The van der Waals surface area contributed by atoms with Gasteiger partial charge in [0.05, 0.1) is 18.4 Å². The monoisotopic (exact) mass is 406 g/mol. The molecule has 0 saturated carbocycles. The number of benzene rings is 1. The molecule has 1 aliphatic heterocycles. The van der Waals surface area contributed by atoms with Gasteiger partial charge in [-0.3, -0.25) is 9.59 Å². The van der Waals surface area contributed by atoms with Crippen LogP contribution in [0.4, 0.5) is 11.5 Å². The fourth-order valence-electron chi connectivity index (χ4n) is 3.22. The van der Waals surface area contributed by atoms with E-state index < -0.39 is 5.91 Å². The molecule has 4 rings (SSSR count). The summed E-state index contributed by atoms with van der Waals surface area (Å²) in [5.41, 5.74) is 1.76. The van der Waals surface area contributed by atoms with Gasteiger partial charge in [0.2, 0.25) is 6.79 Å². The molecule has 0 aliphatic carbocycles. The first kappa shape index (κ1) is 19.5. The summed E-state index contributed by atoms with van der Waals surface area (Å²) in [4.78, 5) is 32.0. The van der Waals surface area contributed by atoms with E-state index in [2.05, 4.69) is 10.3 Å². The number of rotatable bonds is 5. The van der Waals surface area contributed by atoms with E-state index in [1.54, 1.807) is 37.5 Å². The molecular weight excluding hydrogens is 384 g/mol. The van der Waals surface area contributed by atoms with Crippen molar-refractivity contribution in [2.75, 3.05) is 31.1 Å². The van der Waals surface area contributed by atoms with Crippen molar-refractivity contribution < 1.29 is 14.3 Å². The topological polar surface area (TPSA) is 85.7 Å². The van der Waals surface area contributed by atoms with Crippen molar-refractivity contribution in [3.63, 3.8) is 0 Å². The predicted octanol–water partition coefficient (Wildman–Crippen LogP) is 2.65. The molecular formula is C22H22N4O4. The second-order valence-corrected chi connectivity index (χ2v) is 7.25. The molecule has 1 aromatic carbocycles. The summed E-state index contributed by atoms with van der Waals surface area (Å²) in [6.07, 6.45) is 3.25. The van der Waals surface area contributed by atoms with Gasteiger partial charge in [-0.1, -0.05) is 6.07 Å². The summed E-state index contributed by atoms with van der Waals surface area (Å²) in [7, 11) is 3.77. The Balaban J connectivity index is 1.57. The Hall–Kier alpha value is -3.81. The molecule has 8 heteroatoms. The maximum Gasteiger partial charge on any atom is 0.263 e. The molecule has 3 heterocycles. The van der Waals surface area contributed by atoms with E-state index in [1.165, 1.54) is 4.57 Å². The number of nitrogens with zero attached hydrogens (tertiary/aromatic N) is 3. The SMILES string of the molecule is Cc1ccn(Cc2ccc3c(c2)OCO3)c(=O)c1C(=O)Nc1ccc(N(C)C)nc1. The number of hydrogen-bond donors (Lipinski definition) is 1. The van der Waals surface area contributed by atoms with Crippen LogP contribution in [0.15, 0.2) is 53.6 Å². The van der Waals surface area contributed by atoms with E-state index in [-0.39, 0.29) is 17.9 Å². The first-order valence-electron chi connectivity index (χ1n) is 9.45. The summed E-state index contributed by atoms with van der Waals surface area (Å²) < 4.78 is 12.2. The Kier molecular flexibility index (Phi) is 5.14. The smallest absolute Gasteiger partial charge is 0.263 e. The second kappa shape index (κ2) is 7.90. The van der Waals surface area contributed by atoms with Crippen molar-refractivity contribution in [3.05, 3.63) is 75.8 Å². The van der Waals surface area contributed by atoms with Gasteiger partial charge in [0.25, 0.3) is 11.5 Å². The van der Waals surface area contributed by atoms with E-state index in [1.807, 2.05) is 37.2 Å².